The molecule has 0 saturated carbocycles. The lowest BCUT2D eigenvalue weighted by atomic mass is 9.85. The molecule has 2 heteroatoms. The van der Waals surface area contributed by atoms with Crippen molar-refractivity contribution in [2.24, 2.45) is 0 Å². The summed E-state index contributed by atoms with van der Waals surface area (Å²) in [7, 11) is 0. The third kappa shape index (κ3) is 1.59. The Morgan fingerprint density at radius 2 is 2.00 bits per heavy atom. The van der Waals surface area contributed by atoms with Crippen molar-refractivity contribution in [2.75, 3.05) is 0 Å². The second-order valence-corrected chi connectivity index (χ2v) is 6.82. The average Bonchev–Trinajstić information content (AvgIpc) is 2.73. The average molecular weight is 315 g/mol. The van der Waals surface area contributed by atoms with E-state index in [-0.39, 0.29) is 0 Å². The van der Waals surface area contributed by atoms with E-state index in [1.807, 2.05) is 11.8 Å². The van der Waals surface area contributed by atoms with Gasteiger partial charge in [-0.25, -0.2) is 0 Å². The van der Waals surface area contributed by atoms with Crippen LogP contribution in [0.2, 0.25) is 0 Å². The molecule has 1 unspecified atom stereocenters. The van der Waals surface area contributed by atoms with Gasteiger partial charge in [-0.2, -0.15) is 0 Å². The van der Waals surface area contributed by atoms with E-state index < -0.39 is 0 Å². The number of rotatable bonds is 0. The minimum atomic E-state index is 0.567. The van der Waals surface area contributed by atoms with E-state index in [1.165, 1.54) is 31.0 Å². The fourth-order valence-electron chi connectivity index (χ4n) is 2.81. The maximum Gasteiger partial charge on any atom is 0.0205 e. The number of benzene rings is 2. The van der Waals surface area contributed by atoms with Crippen LogP contribution in [0.15, 0.2) is 56.7 Å². The normalized spacial score (nSPS) is 19.8. The van der Waals surface area contributed by atoms with Crippen molar-refractivity contribution in [3.05, 3.63) is 68.5 Å². The Balaban J connectivity index is 1.87. The number of hydrogen-bond acceptors (Lipinski definition) is 1. The first kappa shape index (κ1) is 10.9. The zero-order valence-corrected chi connectivity index (χ0v) is 12.1. The van der Waals surface area contributed by atoms with Gasteiger partial charge in [-0.15, -0.1) is 0 Å². The summed E-state index contributed by atoms with van der Waals surface area (Å²) in [6.45, 7) is 0. The molecule has 18 heavy (non-hydrogen) atoms. The van der Waals surface area contributed by atoms with Gasteiger partial charge < -0.3 is 0 Å². The van der Waals surface area contributed by atoms with Crippen LogP contribution in [-0.2, 0) is 6.42 Å². The van der Waals surface area contributed by atoms with Gasteiger partial charge in [-0.05, 0) is 52.3 Å². The summed E-state index contributed by atoms with van der Waals surface area (Å²) in [4.78, 5) is 2.92. The molecule has 4 rings (SSSR count). The maximum absolute atomic E-state index is 3.58. The lowest BCUT2D eigenvalue weighted by Crippen LogP contribution is -2.06. The first-order valence-electron chi connectivity index (χ1n) is 6.08. The summed E-state index contributed by atoms with van der Waals surface area (Å²) in [5.41, 5.74) is 4.35. The van der Waals surface area contributed by atoms with Crippen LogP contribution < -0.4 is 0 Å². The quantitative estimate of drug-likeness (QED) is 0.641. The molecule has 0 spiro atoms. The molecular formula is C16H11BrS. The van der Waals surface area contributed by atoms with E-state index >= 15 is 0 Å². The van der Waals surface area contributed by atoms with E-state index in [1.54, 1.807) is 0 Å². The van der Waals surface area contributed by atoms with Gasteiger partial charge in [-0.3, -0.25) is 0 Å². The molecule has 0 amide bonds. The van der Waals surface area contributed by atoms with Gasteiger partial charge in [0.15, 0.2) is 0 Å². The number of thioether (sulfide) groups is 1. The summed E-state index contributed by atoms with van der Waals surface area (Å²) in [5, 5.41) is 0. The smallest absolute Gasteiger partial charge is 0.0205 e. The Morgan fingerprint density at radius 3 is 2.94 bits per heavy atom. The zero-order chi connectivity index (χ0) is 12.1. The van der Waals surface area contributed by atoms with Gasteiger partial charge in [0.2, 0.25) is 0 Å². The van der Waals surface area contributed by atoms with Crippen LogP contribution in [0.25, 0.3) is 6.08 Å². The van der Waals surface area contributed by atoms with Crippen molar-refractivity contribution in [2.45, 2.75) is 17.2 Å². The van der Waals surface area contributed by atoms with Gasteiger partial charge >= 0.3 is 0 Å². The molecule has 0 fully saturated rings. The minimum Gasteiger partial charge on any atom is -0.0936 e. The number of halogens is 1. The Labute approximate surface area is 119 Å². The van der Waals surface area contributed by atoms with Crippen LogP contribution in [0, 0.1) is 0 Å². The molecule has 88 valence electrons. The highest BCUT2D eigenvalue weighted by Gasteiger charge is 2.31. The van der Waals surface area contributed by atoms with Crippen molar-refractivity contribution in [1.82, 2.24) is 0 Å². The first-order valence-corrected chi connectivity index (χ1v) is 7.69. The first-order chi connectivity index (χ1) is 8.81. The second kappa shape index (κ2) is 4.01. The van der Waals surface area contributed by atoms with Gasteiger partial charge in [-0.1, -0.05) is 52.0 Å². The van der Waals surface area contributed by atoms with Crippen molar-refractivity contribution in [3.63, 3.8) is 0 Å². The molecule has 1 heterocycles. The Morgan fingerprint density at radius 1 is 1.11 bits per heavy atom. The van der Waals surface area contributed by atoms with Gasteiger partial charge in [0.05, 0.1) is 0 Å². The van der Waals surface area contributed by atoms with Gasteiger partial charge in [0, 0.05) is 15.3 Å². The molecule has 1 aliphatic heterocycles. The van der Waals surface area contributed by atoms with E-state index in [0.29, 0.717) is 5.92 Å². The molecule has 1 atom stereocenters. The molecule has 0 aromatic heterocycles. The molecule has 0 nitrogen and oxygen atoms in total. The highest BCUT2D eigenvalue weighted by Crippen LogP contribution is 2.53. The third-order valence-corrected chi connectivity index (χ3v) is 5.42. The SMILES string of the molecule is Brc1ccc2c(c1)C1Cc3ccccc3C=C1S2. The van der Waals surface area contributed by atoms with Crippen LogP contribution in [0.3, 0.4) is 0 Å². The number of fused-ring (bicyclic) bond motifs is 4. The lowest BCUT2D eigenvalue weighted by molar-refractivity contribution is 0.812. The molecular weight excluding hydrogens is 304 g/mol. The van der Waals surface area contributed by atoms with Crippen LogP contribution >= 0.6 is 27.7 Å². The minimum absolute atomic E-state index is 0.567. The summed E-state index contributed by atoms with van der Waals surface area (Å²) in [5.74, 6) is 0.567. The van der Waals surface area contributed by atoms with E-state index in [9.17, 15) is 0 Å². The predicted octanol–water partition coefficient (Wildman–Crippen LogP) is 5.24. The fourth-order valence-corrected chi connectivity index (χ4v) is 4.44. The van der Waals surface area contributed by atoms with Crippen molar-refractivity contribution in [3.8, 4) is 0 Å². The van der Waals surface area contributed by atoms with E-state index in [0.717, 1.165) is 6.42 Å². The van der Waals surface area contributed by atoms with E-state index in [2.05, 4.69) is 64.5 Å². The zero-order valence-electron chi connectivity index (χ0n) is 9.69. The third-order valence-electron chi connectivity index (χ3n) is 3.70. The molecule has 2 aromatic rings. The second-order valence-electron chi connectivity index (χ2n) is 4.79. The summed E-state index contributed by atoms with van der Waals surface area (Å²) < 4.78 is 1.18. The molecule has 0 bridgehead atoms. The molecule has 2 aliphatic rings. The summed E-state index contributed by atoms with van der Waals surface area (Å²) >= 11 is 5.52. The lowest BCUT2D eigenvalue weighted by Gasteiger charge is -2.20. The summed E-state index contributed by atoms with van der Waals surface area (Å²) in [6, 6.07) is 15.4. The standard InChI is InChI=1S/C16H11BrS/c17-12-5-6-15-14(9-12)13-7-10-3-1-2-4-11(10)8-16(13)18-15/h1-6,8-9,13H,7H2. The van der Waals surface area contributed by atoms with E-state index in [4.69, 9.17) is 0 Å². The van der Waals surface area contributed by atoms with Crippen LogP contribution in [0.1, 0.15) is 22.6 Å². The molecule has 0 N–H and O–H groups in total. The fraction of sp³-hybridized carbons (Fsp3) is 0.125. The summed E-state index contributed by atoms with van der Waals surface area (Å²) in [6.07, 6.45) is 3.50. The molecule has 1 aliphatic carbocycles. The Hall–Kier alpha value is -0.990. The van der Waals surface area contributed by atoms with Crippen molar-refractivity contribution < 1.29 is 0 Å². The van der Waals surface area contributed by atoms with Crippen molar-refractivity contribution in [1.29, 1.82) is 0 Å². The predicted molar refractivity (Wildman–Crippen MR) is 80.9 cm³/mol. The van der Waals surface area contributed by atoms with Crippen molar-refractivity contribution >= 4 is 33.8 Å². The topological polar surface area (TPSA) is 0 Å². The molecule has 0 radical (unpaired) electrons. The highest BCUT2D eigenvalue weighted by atomic mass is 79.9. The molecule has 2 aromatic carbocycles. The maximum atomic E-state index is 3.58. The number of allylic oxidation sites excluding steroid dienone is 1. The van der Waals surface area contributed by atoms with Crippen LogP contribution in [0.4, 0.5) is 0 Å². The highest BCUT2D eigenvalue weighted by molar-refractivity contribution is 9.10. The molecule has 0 saturated heterocycles. The Bertz CT molecular complexity index is 673. The Kier molecular flexibility index (Phi) is 2.42. The van der Waals surface area contributed by atoms with Crippen LogP contribution in [0.5, 0.6) is 0 Å². The van der Waals surface area contributed by atoms with Gasteiger partial charge in [0.25, 0.3) is 0 Å². The number of hydrogen-bond donors (Lipinski definition) is 0. The van der Waals surface area contributed by atoms with Crippen LogP contribution in [-0.4, -0.2) is 0 Å². The monoisotopic (exact) mass is 314 g/mol. The van der Waals surface area contributed by atoms with Gasteiger partial charge in [0.1, 0.15) is 0 Å². The largest absolute Gasteiger partial charge is 0.0936 e.